The predicted molar refractivity (Wildman–Crippen MR) is 129 cm³/mol. The number of benzene rings is 2. The van der Waals surface area contributed by atoms with Crippen molar-refractivity contribution in [2.24, 2.45) is 5.92 Å². The average molecular weight is 433 g/mol. The maximum Gasteiger partial charge on any atom is 0.130 e. The molecule has 3 N–H and O–H groups in total. The molecule has 3 aliphatic rings. The number of anilines is 1. The fourth-order valence-corrected chi connectivity index (χ4v) is 6.02. The maximum atomic E-state index is 9.27. The Balaban J connectivity index is 1.60. The molecule has 2 aliphatic heterocycles. The minimum absolute atomic E-state index is 0.109. The van der Waals surface area contributed by atoms with Gasteiger partial charge in [0.25, 0.3) is 0 Å². The highest BCUT2D eigenvalue weighted by Gasteiger charge is 2.52. The van der Waals surface area contributed by atoms with Crippen molar-refractivity contribution in [1.29, 1.82) is 5.41 Å². The molecule has 5 heteroatoms. The molecule has 1 aliphatic carbocycles. The van der Waals surface area contributed by atoms with Gasteiger partial charge in [0.15, 0.2) is 0 Å². The predicted octanol–water partition coefficient (Wildman–Crippen LogP) is 5.53. The third-order valence-corrected chi connectivity index (χ3v) is 7.51. The number of rotatable bonds is 4. The van der Waals surface area contributed by atoms with Crippen LogP contribution < -0.4 is 15.5 Å². The quantitative estimate of drug-likeness (QED) is 0.440. The van der Waals surface area contributed by atoms with E-state index in [1.165, 1.54) is 11.1 Å². The molecule has 2 aromatic carbocycles. The first kappa shape index (κ1) is 20.3. The minimum Gasteiger partial charge on any atom is -0.365 e. The van der Waals surface area contributed by atoms with E-state index in [1.54, 1.807) is 6.20 Å². The molecule has 0 unspecified atom stereocenters. The van der Waals surface area contributed by atoms with Gasteiger partial charge in [0.1, 0.15) is 5.84 Å². The number of fused-ring (bicyclic) bond motifs is 2. The van der Waals surface area contributed by atoms with Crippen LogP contribution in [0.25, 0.3) is 0 Å². The zero-order chi connectivity index (χ0) is 21.6. The lowest BCUT2D eigenvalue weighted by Crippen LogP contribution is -2.41. The molecule has 1 saturated heterocycles. The van der Waals surface area contributed by atoms with Gasteiger partial charge in [-0.2, -0.15) is 0 Å². The molecule has 0 radical (unpaired) electrons. The molecular formula is C26H29ClN4. The van der Waals surface area contributed by atoms with Gasteiger partial charge in [-0.05, 0) is 67.3 Å². The molecule has 2 heterocycles. The van der Waals surface area contributed by atoms with Crippen LogP contribution in [0.1, 0.15) is 43.4 Å². The summed E-state index contributed by atoms with van der Waals surface area (Å²) >= 11 is 6.50. The Labute approximate surface area is 189 Å². The van der Waals surface area contributed by atoms with Crippen molar-refractivity contribution in [1.82, 2.24) is 10.6 Å². The minimum atomic E-state index is -0.109. The van der Waals surface area contributed by atoms with Gasteiger partial charge in [0.05, 0.1) is 0 Å². The lowest BCUT2D eigenvalue weighted by atomic mass is 9.73. The molecular weight excluding hydrogens is 404 g/mol. The van der Waals surface area contributed by atoms with Gasteiger partial charge in [-0.25, -0.2) is 0 Å². The lowest BCUT2D eigenvalue weighted by Gasteiger charge is -2.33. The lowest BCUT2D eigenvalue weighted by molar-refractivity contribution is 0.405. The molecule has 5 rings (SSSR count). The number of hydrogen-bond acceptors (Lipinski definition) is 3. The maximum absolute atomic E-state index is 9.27. The molecule has 0 saturated carbocycles. The smallest absolute Gasteiger partial charge is 0.130 e. The van der Waals surface area contributed by atoms with Crippen molar-refractivity contribution in [2.75, 3.05) is 18.0 Å². The third-order valence-electron chi connectivity index (χ3n) is 7.28. The highest BCUT2D eigenvalue weighted by atomic mass is 35.5. The fourth-order valence-electron chi connectivity index (χ4n) is 5.85. The molecule has 31 heavy (non-hydrogen) atoms. The van der Waals surface area contributed by atoms with Crippen LogP contribution in [0.5, 0.6) is 0 Å². The van der Waals surface area contributed by atoms with Crippen molar-refractivity contribution in [2.45, 2.75) is 37.6 Å². The van der Waals surface area contributed by atoms with Crippen molar-refractivity contribution >= 4 is 23.1 Å². The van der Waals surface area contributed by atoms with Crippen molar-refractivity contribution < 1.29 is 0 Å². The van der Waals surface area contributed by atoms with Crippen LogP contribution in [0.4, 0.5) is 5.69 Å². The number of halogens is 1. The van der Waals surface area contributed by atoms with Gasteiger partial charge in [-0.15, -0.1) is 0 Å². The zero-order valence-electron chi connectivity index (χ0n) is 17.9. The summed E-state index contributed by atoms with van der Waals surface area (Å²) in [5.74, 6) is 0.961. The van der Waals surface area contributed by atoms with E-state index in [9.17, 15) is 5.41 Å². The number of amidine groups is 1. The van der Waals surface area contributed by atoms with E-state index < -0.39 is 0 Å². The Morgan fingerprint density at radius 2 is 2.10 bits per heavy atom. The van der Waals surface area contributed by atoms with E-state index in [2.05, 4.69) is 71.5 Å². The molecule has 0 bridgehead atoms. The SMILES string of the molecule is C=CNC1=C(C(=N)N2C[C@]3(CCN[C@H]3c3ccccc3)c3cc(Cl)ccc32)[C@H](C)CC1. The molecule has 1 spiro atoms. The molecule has 0 amide bonds. The highest BCUT2D eigenvalue weighted by molar-refractivity contribution is 6.30. The van der Waals surface area contributed by atoms with Crippen LogP contribution in [0.3, 0.4) is 0 Å². The standard InChI is InChI=1S/C26H29ClN4/c1-3-29-21-11-9-17(2)23(21)25(28)31-16-26(20-15-19(27)10-12-22(20)31)13-14-30-24(26)18-7-5-4-6-8-18/h3-8,10,12,15,17,24,28-30H,1,9,11,13-14,16H2,2H3/t17-,24+,26-/m1/s1. The van der Waals surface area contributed by atoms with E-state index in [0.29, 0.717) is 11.8 Å². The van der Waals surface area contributed by atoms with E-state index in [0.717, 1.165) is 54.3 Å². The molecule has 0 aromatic heterocycles. The molecule has 1 fully saturated rings. The largest absolute Gasteiger partial charge is 0.365 e. The van der Waals surface area contributed by atoms with Gasteiger partial charge in [0, 0.05) is 40.0 Å². The first-order valence-electron chi connectivity index (χ1n) is 11.1. The summed E-state index contributed by atoms with van der Waals surface area (Å²) in [6, 6.07) is 17.1. The summed E-state index contributed by atoms with van der Waals surface area (Å²) < 4.78 is 0. The number of hydrogen-bond donors (Lipinski definition) is 3. The summed E-state index contributed by atoms with van der Waals surface area (Å²) in [4.78, 5) is 2.22. The second-order valence-corrected chi connectivity index (χ2v) is 9.42. The summed E-state index contributed by atoms with van der Waals surface area (Å²) in [7, 11) is 0. The highest BCUT2D eigenvalue weighted by Crippen LogP contribution is 2.53. The van der Waals surface area contributed by atoms with Crippen LogP contribution in [0.2, 0.25) is 5.02 Å². The molecule has 3 atom stereocenters. The van der Waals surface area contributed by atoms with Gasteiger partial charge >= 0.3 is 0 Å². The first-order valence-corrected chi connectivity index (χ1v) is 11.5. The Morgan fingerprint density at radius 3 is 2.87 bits per heavy atom. The Hall–Kier alpha value is -2.56. The monoisotopic (exact) mass is 432 g/mol. The van der Waals surface area contributed by atoms with Gasteiger partial charge < -0.3 is 15.5 Å². The summed E-state index contributed by atoms with van der Waals surface area (Å²) in [5, 5.41) is 17.1. The summed E-state index contributed by atoms with van der Waals surface area (Å²) in [6.07, 6.45) is 4.78. The second kappa shape index (κ2) is 7.85. The number of allylic oxidation sites excluding steroid dienone is 1. The van der Waals surface area contributed by atoms with Gasteiger partial charge in [0.2, 0.25) is 0 Å². The number of nitrogens with one attached hydrogen (secondary N) is 3. The normalized spacial score (nSPS) is 27.1. The van der Waals surface area contributed by atoms with E-state index in [-0.39, 0.29) is 11.5 Å². The summed E-state index contributed by atoms with van der Waals surface area (Å²) in [6.45, 7) is 7.79. The van der Waals surface area contributed by atoms with Gasteiger partial charge in [-0.3, -0.25) is 5.41 Å². The van der Waals surface area contributed by atoms with Gasteiger partial charge in [-0.1, -0.05) is 55.4 Å². The van der Waals surface area contributed by atoms with Crippen molar-refractivity contribution in [3.63, 3.8) is 0 Å². The second-order valence-electron chi connectivity index (χ2n) is 8.98. The van der Waals surface area contributed by atoms with Crippen molar-refractivity contribution in [3.8, 4) is 0 Å². The van der Waals surface area contributed by atoms with E-state index >= 15 is 0 Å². The number of nitrogens with zero attached hydrogens (tertiary/aromatic N) is 1. The van der Waals surface area contributed by atoms with Crippen LogP contribution in [0.15, 0.2) is 72.6 Å². The van der Waals surface area contributed by atoms with Crippen molar-refractivity contribution in [3.05, 3.63) is 88.7 Å². The summed E-state index contributed by atoms with van der Waals surface area (Å²) in [5.41, 5.74) is 5.80. The van der Waals surface area contributed by atoms with E-state index in [4.69, 9.17) is 11.6 Å². The Morgan fingerprint density at radius 1 is 1.29 bits per heavy atom. The van der Waals surface area contributed by atoms with Crippen LogP contribution in [0, 0.1) is 11.3 Å². The van der Waals surface area contributed by atoms with E-state index in [1.807, 2.05) is 6.07 Å². The third kappa shape index (κ3) is 3.20. The molecule has 4 nitrogen and oxygen atoms in total. The Kier molecular flexibility index (Phi) is 5.15. The van der Waals surface area contributed by atoms with Crippen LogP contribution in [-0.2, 0) is 5.41 Å². The first-order chi connectivity index (χ1) is 15.0. The fraction of sp³-hybridized carbons (Fsp3) is 0.346. The zero-order valence-corrected chi connectivity index (χ0v) is 18.7. The Bertz CT molecular complexity index is 1060. The topological polar surface area (TPSA) is 51.2 Å². The van der Waals surface area contributed by atoms with Crippen LogP contribution in [-0.4, -0.2) is 18.9 Å². The average Bonchev–Trinajstić information content (AvgIpc) is 3.46. The van der Waals surface area contributed by atoms with Crippen LogP contribution >= 0.6 is 11.6 Å². The molecule has 2 aromatic rings. The molecule has 160 valence electrons.